The van der Waals surface area contributed by atoms with E-state index in [-0.39, 0.29) is 0 Å². The van der Waals surface area contributed by atoms with Gasteiger partial charge in [-0.1, -0.05) is 0 Å². The van der Waals surface area contributed by atoms with Crippen LogP contribution in [-0.4, -0.2) is 38.6 Å². The average Bonchev–Trinajstić information content (AvgIpc) is 2.61. The zero-order valence-corrected chi connectivity index (χ0v) is 10.9. The number of fused-ring (bicyclic) bond motifs is 1. The molecule has 0 amide bonds. The fourth-order valence-electron chi connectivity index (χ4n) is 1.68. The molecule has 1 aromatic heterocycles. The third-order valence-corrected chi connectivity index (χ3v) is 4.86. The Morgan fingerprint density at radius 2 is 2.07 bits per heavy atom. The van der Waals surface area contributed by atoms with Gasteiger partial charge in [-0.2, -0.15) is 0 Å². The molecule has 3 heteroatoms. The van der Waals surface area contributed by atoms with E-state index in [1.807, 2.05) is 6.07 Å². The van der Waals surface area contributed by atoms with Gasteiger partial charge in [-0.05, 0) is 0 Å². The molecule has 0 aliphatic heterocycles. The molecule has 0 aliphatic rings. The fraction of sp³-hybridized carbons (Fsp3) is 0.333. The first-order valence-corrected chi connectivity index (χ1v) is 6.81. The van der Waals surface area contributed by atoms with Crippen molar-refractivity contribution in [1.29, 1.82) is 0 Å². The van der Waals surface area contributed by atoms with E-state index < -0.39 is 0 Å². The standard InChI is InChI=1S/C12H15NOSe/c1-8(13(2)3)9-7-15-11-6-4-5-10(14)12(9)11/h4-8,14H,1-3H3. The minimum absolute atomic E-state index is 0.362. The summed E-state index contributed by atoms with van der Waals surface area (Å²) in [4.78, 5) is 4.45. The Labute approximate surface area is 95.9 Å². The van der Waals surface area contributed by atoms with E-state index in [4.69, 9.17) is 0 Å². The molecule has 80 valence electrons. The molecule has 1 heterocycles. The molecule has 1 unspecified atom stereocenters. The molecule has 15 heavy (non-hydrogen) atoms. The summed E-state index contributed by atoms with van der Waals surface area (Å²) in [7, 11) is 4.13. The molecule has 2 aromatic rings. The van der Waals surface area contributed by atoms with Crippen molar-refractivity contribution in [2.45, 2.75) is 13.0 Å². The summed E-state index contributed by atoms with van der Waals surface area (Å²) >= 11 is 0.383. The second-order valence-corrected chi connectivity index (χ2v) is 5.89. The number of rotatable bonds is 2. The second-order valence-electron chi connectivity index (χ2n) is 3.98. The average molecular weight is 268 g/mol. The van der Waals surface area contributed by atoms with E-state index in [0.717, 1.165) is 5.39 Å². The first kappa shape index (κ1) is 10.7. The van der Waals surface area contributed by atoms with Crippen LogP contribution in [0.2, 0.25) is 0 Å². The van der Waals surface area contributed by atoms with Crippen LogP contribution in [0.25, 0.3) is 9.65 Å². The molecule has 0 aliphatic carbocycles. The maximum atomic E-state index is 9.88. The Hall–Kier alpha value is -0.761. The Balaban J connectivity index is 2.62. The molecule has 1 N–H and O–H groups in total. The summed E-state index contributed by atoms with van der Waals surface area (Å²) in [6.07, 6.45) is 0. The third-order valence-electron chi connectivity index (χ3n) is 2.83. The molecular formula is C12H15NOSe. The van der Waals surface area contributed by atoms with E-state index in [0.29, 0.717) is 26.3 Å². The van der Waals surface area contributed by atoms with E-state index in [9.17, 15) is 5.11 Å². The van der Waals surface area contributed by atoms with E-state index in [1.165, 1.54) is 9.82 Å². The van der Waals surface area contributed by atoms with Gasteiger partial charge in [0, 0.05) is 0 Å². The molecule has 0 saturated heterocycles. The molecule has 0 radical (unpaired) electrons. The van der Waals surface area contributed by atoms with Crippen LogP contribution in [-0.2, 0) is 0 Å². The van der Waals surface area contributed by atoms with E-state index >= 15 is 0 Å². The van der Waals surface area contributed by atoms with Crippen molar-refractivity contribution in [2.24, 2.45) is 0 Å². The van der Waals surface area contributed by atoms with Gasteiger partial charge in [0.2, 0.25) is 0 Å². The quantitative estimate of drug-likeness (QED) is 0.844. The molecular weight excluding hydrogens is 253 g/mol. The van der Waals surface area contributed by atoms with Crippen molar-refractivity contribution in [3.8, 4) is 5.75 Å². The molecule has 1 atom stereocenters. The van der Waals surface area contributed by atoms with Crippen molar-refractivity contribution in [3.63, 3.8) is 0 Å². The van der Waals surface area contributed by atoms with Crippen LogP contribution in [0.1, 0.15) is 18.5 Å². The Morgan fingerprint density at radius 1 is 1.33 bits per heavy atom. The number of hydrogen-bond donors (Lipinski definition) is 1. The third kappa shape index (κ3) is 1.83. The van der Waals surface area contributed by atoms with Crippen LogP contribution in [0.5, 0.6) is 5.75 Å². The summed E-state index contributed by atoms with van der Waals surface area (Å²) in [5.74, 6) is 0.423. The van der Waals surface area contributed by atoms with Crippen LogP contribution in [0.3, 0.4) is 0 Å². The summed E-state index contributed by atoms with van der Waals surface area (Å²) in [6, 6.07) is 6.17. The van der Waals surface area contributed by atoms with Crippen molar-refractivity contribution >= 4 is 24.1 Å². The first-order valence-electron chi connectivity index (χ1n) is 4.96. The van der Waals surface area contributed by atoms with Crippen LogP contribution in [0.4, 0.5) is 0 Å². The number of phenolic OH excluding ortho intramolecular Hbond substituents is 1. The molecule has 2 nitrogen and oxygen atoms in total. The fourth-order valence-corrected chi connectivity index (χ4v) is 3.92. The molecule has 1 aromatic carbocycles. The number of hydrogen-bond acceptors (Lipinski definition) is 2. The van der Waals surface area contributed by atoms with E-state index in [2.05, 4.69) is 36.9 Å². The number of nitrogens with zero attached hydrogens (tertiary/aromatic N) is 1. The van der Waals surface area contributed by atoms with Crippen LogP contribution < -0.4 is 0 Å². The van der Waals surface area contributed by atoms with Gasteiger partial charge in [0.05, 0.1) is 0 Å². The van der Waals surface area contributed by atoms with Crippen LogP contribution in [0, 0.1) is 0 Å². The van der Waals surface area contributed by atoms with Gasteiger partial charge in [0.25, 0.3) is 0 Å². The van der Waals surface area contributed by atoms with Crippen molar-refractivity contribution in [2.75, 3.05) is 14.1 Å². The summed E-state index contributed by atoms with van der Waals surface area (Å²) in [5, 5.41) is 11.0. The summed E-state index contributed by atoms with van der Waals surface area (Å²) < 4.78 is 1.30. The predicted molar refractivity (Wildman–Crippen MR) is 64.7 cm³/mol. The molecule has 0 bridgehead atoms. The van der Waals surface area contributed by atoms with Gasteiger partial charge in [0.15, 0.2) is 0 Å². The number of benzene rings is 1. The topological polar surface area (TPSA) is 23.5 Å². The summed E-state index contributed by atoms with van der Waals surface area (Å²) in [5.41, 5.74) is 1.27. The SMILES string of the molecule is CC(c1c[se]c2cccc(O)c12)N(C)C. The van der Waals surface area contributed by atoms with Crippen LogP contribution in [0.15, 0.2) is 23.1 Å². The van der Waals surface area contributed by atoms with Gasteiger partial charge in [-0.15, -0.1) is 0 Å². The molecule has 2 rings (SSSR count). The zero-order chi connectivity index (χ0) is 11.0. The summed E-state index contributed by atoms with van der Waals surface area (Å²) in [6.45, 7) is 2.17. The van der Waals surface area contributed by atoms with Crippen molar-refractivity contribution in [3.05, 3.63) is 28.7 Å². The van der Waals surface area contributed by atoms with Crippen molar-refractivity contribution in [1.82, 2.24) is 4.90 Å². The maximum absolute atomic E-state index is 9.88. The normalized spacial score (nSPS) is 13.6. The van der Waals surface area contributed by atoms with E-state index in [1.54, 1.807) is 6.07 Å². The first-order chi connectivity index (χ1) is 7.11. The van der Waals surface area contributed by atoms with Crippen LogP contribution >= 0.6 is 0 Å². The van der Waals surface area contributed by atoms with Gasteiger partial charge in [-0.3, -0.25) is 0 Å². The van der Waals surface area contributed by atoms with Gasteiger partial charge >= 0.3 is 95.7 Å². The molecule has 0 spiro atoms. The predicted octanol–water partition coefficient (Wildman–Crippen LogP) is 2.22. The van der Waals surface area contributed by atoms with Crippen molar-refractivity contribution < 1.29 is 5.11 Å². The zero-order valence-electron chi connectivity index (χ0n) is 9.19. The van der Waals surface area contributed by atoms with Gasteiger partial charge in [0.1, 0.15) is 0 Å². The molecule has 0 saturated carbocycles. The minimum atomic E-state index is 0.362. The number of phenols is 1. The molecule has 0 fully saturated rings. The second kappa shape index (κ2) is 4.01. The van der Waals surface area contributed by atoms with Gasteiger partial charge in [-0.25, -0.2) is 0 Å². The Bertz CT molecular complexity index is 475. The Morgan fingerprint density at radius 3 is 2.73 bits per heavy atom. The Kier molecular flexibility index (Phi) is 2.87. The van der Waals surface area contributed by atoms with Gasteiger partial charge < -0.3 is 0 Å². The number of aromatic hydroxyl groups is 1. The monoisotopic (exact) mass is 269 g/mol.